The zero-order valence-corrected chi connectivity index (χ0v) is 13.8. The quantitative estimate of drug-likeness (QED) is 0.840. The molecule has 0 bridgehead atoms. The van der Waals surface area contributed by atoms with Crippen molar-refractivity contribution in [3.8, 4) is 0 Å². The summed E-state index contributed by atoms with van der Waals surface area (Å²) in [5, 5.41) is 9.97. The lowest BCUT2D eigenvalue weighted by Gasteiger charge is -2.27. The molecule has 5 heteroatoms. The molecule has 0 aromatic heterocycles. The smallest absolute Gasteiger partial charge is 0.136 e. The van der Waals surface area contributed by atoms with Crippen molar-refractivity contribution in [2.45, 2.75) is 57.9 Å². The van der Waals surface area contributed by atoms with Crippen LogP contribution in [0.15, 0.2) is 18.2 Å². The second-order valence-electron chi connectivity index (χ2n) is 6.49. The van der Waals surface area contributed by atoms with E-state index in [-0.39, 0.29) is 5.56 Å². The lowest BCUT2D eigenvalue weighted by atomic mass is 9.94. The maximum Gasteiger partial charge on any atom is 0.136 e. The Morgan fingerprint density at radius 2 is 1.80 bits per heavy atom. The molecule has 0 aliphatic heterocycles. The molecule has 0 fully saturated rings. The monoisotopic (exact) mass is 301 g/mol. The van der Waals surface area contributed by atoms with Crippen LogP contribution in [-0.2, 0) is 17.0 Å². The van der Waals surface area contributed by atoms with Crippen molar-refractivity contribution in [2.24, 2.45) is 0 Å². The van der Waals surface area contributed by atoms with Crippen LogP contribution in [0, 0.1) is 5.82 Å². The van der Waals surface area contributed by atoms with Gasteiger partial charge in [-0.25, -0.2) is 4.39 Å². The zero-order chi connectivity index (χ0) is 15.7. The van der Waals surface area contributed by atoms with Crippen LogP contribution in [0.3, 0.4) is 0 Å². The summed E-state index contributed by atoms with van der Waals surface area (Å²) in [6, 6.07) is 4.50. The van der Waals surface area contributed by atoms with E-state index >= 15 is 0 Å². The van der Waals surface area contributed by atoms with Crippen LogP contribution in [0.25, 0.3) is 0 Å². The van der Waals surface area contributed by atoms with E-state index in [1.54, 1.807) is 39.0 Å². The number of aliphatic hydroxyl groups is 1. The number of halogens is 1. The fraction of sp³-hybridized carbons (Fsp3) is 0.600. The highest BCUT2D eigenvalue weighted by atomic mass is 32.2. The second kappa shape index (κ2) is 6.02. The molecule has 1 aromatic rings. The Kier molecular flexibility index (Phi) is 5.24. The highest BCUT2D eigenvalue weighted by molar-refractivity contribution is 7.90. The minimum Gasteiger partial charge on any atom is -0.598 e. The van der Waals surface area contributed by atoms with E-state index in [2.05, 4.69) is 4.72 Å². The van der Waals surface area contributed by atoms with Gasteiger partial charge in [0.15, 0.2) is 0 Å². The number of hydrogen-bond donors (Lipinski definition) is 2. The minimum atomic E-state index is -1.28. The van der Waals surface area contributed by atoms with Gasteiger partial charge in [-0.3, -0.25) is 0 Å². The van der Waals surface area contributed by atoms with Crippen molar-refractivity contribution >= 4 is 11.4 Å². The van der Waals surface area contributed by atoms with Gasteiger partial charge >= 0.3 is 0 Å². The van der Waals surface area contributed by atoms with Crippen molar-refractivity contribution in [1.82, 2.24) is 4.72 Å². The van der Waals surface area contributed by atoms with Crippen molar-refractivity contribution < 1.29 is 14.0 Å². The van der Waals surface area contributed by atoms with Gasteiger partial charge in [-0.1, -0.05) is 18.2 Å². The van der Waals surface area contributed by atoms with Gasteiger partial charge in [-0.2, -0.15) is 0 Å². The van der Waals surface area contributed by atoms with Crippen LogP contribution in [0.2, 0.25) is 0 Å². The van der Waals surface area contributed by atoms with Gasteiger partial charge in [0.1, 0.15) is 10.6 Å². The molecule has 2 atom stereocenters. The van der Waals surface area contributed by atoms with Crippen molar-refractivity contribution in [3.05, 3.63) is 35.1 Å². The Labute approximate surface area is 123 Å². The lowest BCUT2D eigenvalue weighted by molar-refractivity contribution is 0.0743. The molecule has 114 valence electrons. The summed E-state index contributed by atoms with van der Waals surface area (Å²) in [7, 11) is 0. The predicted octanol–water partition coefficient (Wildman–Crippen LogP) is 3.17. The summed E-state index contributed by atoms with van der Waals surface area (Å²) in [5.41, 5.74) is -0.601. The van der Waals surface area contributed by atoms with Gasteiger partial charge in [-0.05, 0) is 41.5 Å². The van der Waals surface area contributed by atoms with E-state index in [1.807, 2.05) is 20.8 Å². The molecule has 1 aromatic carbocycles. The van der Waals surface area contributed by atoms with Crippen LogP contribution in [0.5, 0.6) is 0 Å². The van der Waals surface area contributed by atoms with Gasteiger partial charge in [0, 0.05) is 22.5 Å². The molecule has 0 aliphatic rings. The summed E-state index contributed by atoms with van der Waals surface area (Å²) in [6.45, 7) is 10.4. The van der Waals surface area contributed by atoms with E-state index in [0.29, 0.717) is 5.56 Å². The van der Waals surface area contributed by atoms with Gasteiger partial charge in [0.05, 0.1) is 11.6 Å². The molecule has 3 nitrogen and oxygen atoms in total. The van der Waals surface area contributed by atoms with Gasteiger partial charge in [-0.15, -0.1) is 4.72 Å². The molecule has 0 radical (unpaired) electrons. The van der Waals surface area contributed by atoms with Gasteiger partial charge in [0.2, 0.25) is 0 Å². The maximum absolute atomic E-state index is 14.5. The van der Waals surface area contributed by atoms with Crippen LogP contribution in [-0.4, -0.2) is 14.4 Å². The SMILES string of the molecule is C[C@H](N[S+]([O-])C(C)(C)C)c1cccc(C(C)(C)O)c1F. The lowest BCUT2D eigenvalue weighted by Crippen LogP contribution is -2.40. The summed E-state index contributed by atoms with van der Waals surface area (Å²) in [6.07, 6.45) is 0. The molecule has 0 spiro atoms. The second-order valence-corrected chi connectivity index (χ2v) is 8.49. The number of nitrogens with one attached hydrogen (secondary N) is 1. The first-order valence-electron chi connectivity index (χ1n) is 6.64. The third-order valence-electron chi connectivity index (χ3n) is 2.99. The van der Waals surface area contributed by atoms with Crippen LogP contribution >= 0.6 is 0 Å². The van der Waals surface area contributed by atoms with Gasteiger partial charge in [0.25, 0.3) is 0 Å². The van der Waals surface area contributed by atoms with Crippen molar-refractivity contribution in [3.63, 3.8) is 0 Å². The topological polar surface area (TPSA) is 55.3 Å². The first kappa shape index (κ1) is 17.4. The van der Waals surface area contributed by atoms with E-state index < -0.39 is 33.6 Å². The Hall–Kier alpha value is -0.620. The predicted molar refractivity (Wildman–Crippen MR) is 81.1 cm³/mol. The average molecular weight is 301 g/mol. The Balaban J connectivity index is 3.03. The Bertz CT molecular complexity index is 466. The van der Waals surface area contributed by atoms with Crippen LogP contribution in [0.1, 0.15) is 58.7 Å². The van der Waals surface area contributed by atoms with E-state index in [0.717, 1.165) is 0 Å². The molecule has 0 amide bonds. The molecule has 2 N–H and O–H groups in total. The fourth-order valence-electron chi connectivity index (χ4n) is 1.76. The summed E-state index contributed by atoms with van der Waals surface area (Å²) >= 11 is -1.28. The summed E-state index contributed by atoms with van der Waals surface area (Å²) in [4.78, 5) is 0. The standard InChI is InChI=1S/C15H24FNO2S/c1-10(17-20(19)14(2,3)4)11-8-7-9-12(13(11)16)15(5,6)18/h7-10,17-18H,1-6H3/t10-,20?/m0/s1. The normalized spacial score (nSPS) is 16.1. The molecule has 0 saturated carbocycles. The minimum absolute atomic E-state index is 0.241. The summed E-state index contributed by atoms with van der Waals surface area (Å²) < 4.78 is 29.0. The highest BCUT2D eigenvalue weighted by Gasteiger charge is 2.30. The van der Waals surface area contributed by atoms with Crippen LogP contribution < -0.4 is 4.72 Å². The molecule has 20 heavy (non-hydrogen) atoms. The zero-order valence-electron chi connectivity index (χ0n) is 13.0. The largest absolute Gasteiger partial charge is 0.598 e. The van der Waals surface area contributed by atoms with E-state index in [1.165, 1.54) is 0 Å². The third kappa shape index (κ3) is 4.19. The fourth-order valence-corrected chi connectivity index (χ4v) is 2.56. The maximum atomic E-state index is 14.5. The third-order valence-corrected chi connectivity index (χ3v) is 4.67. The van der Waals surface area contributed by atoms with E-state index in [9.17, 15) is 14.0 Å². The average Bonchev–Trinajstić information content (AvgIpc) is 2.26. The molecular formula is C15H24FNO2S. The number of benzene rings is 1. The summed E-state index contributed by atoms with van der Waals surface area (Å²) in [5.74, 6) is -0.453. The Morgan fingerprint density at radius 1 is 1.25 bits per heavy atom. The molecular weight excluding hydrogens is 277 g/mol. The first-order chi connectivity index (χ1) is 8.94. The molecule has 1 rings (SSSR count). The highest BCUT2D eigenvalue weighted by Crippen LogP contribution is 2.28. The molecule has 0 heterocycles. The molecule has 1 unspecified atom stereocenters. The van der Waals surface area contributed by atoms with Crippen LogP contribution in [0.4, 0.5) is 4.39 Å². The van der Waals surface area contributed by atoms with Crippen molar-refractivity contribution in [1.29, 1.82) is 0 Å². The molecule has 0 saturated heterocycles. The molecule has 0 aliphatic carbocycles. The Morgan fingerprint density at radius 3 is 2.25 bits per heavy atom. The van der Waals surface area contributed by atoms with Crippen molar-refractivity contribution in [2.75, 3.05) is 0 Å². The number of hydrogen-bond acceptors (Lipinski definition) is 3. The number of rotatable bonds is 4. The van der Waals surface area contributed by atoms with E-state index in [4.69, 9.17) is 0 Å². The van der Waals surface area contributed by atoms with Gasteiger partial charge < -0.3 is 9.66 Å². The first-order valence-corrected chi connectivity index (χ1v) is 7.79.